The molecule has 7 heteroatoms. The first-order valence-corrected chi connectivity index (χ1v) is 7.00. The minimum Gasteiger partial charge on any atom is -0.396 e. The molecule has 120 valence electrons. The molecule has 0 radical (unpaired) electrons. The summed E-state index contributed by atoms with van der Waals surface area (Å²) in [7, 11) is 1.59. The predicted molar refractivity (Wildman–Crippen MR) is 75.1 cm³/mol. The Hall–Kier alpha value is -0.730. The summed E-state index contributed by atoms with van der Waals surface area (Å²) in [6.45, 7) is 2.10. The van der Waals surface area contributed by atoms with Gasteiger partial charge in [-0.1, -0.05) is 6.92 Å². The van der Waals surface area contributed by atoms with Gasteiger partial charge in [0, 0.05) is 32.5 Å². The molecule has 0 aliphatic rings. The third kappa shape index (κ3) is 7.76. The molecule has 4 unspecified atom stereocenters. The van der Waals surface area contributed by atoms with Crippen LogP contribution >= 0.6 is 0 Å². The maximum Gasteiger partial charge on any atom is 0.219 e. The molecule has 0 aromatic heterocycles. The van der Waals surface area contributed by atoms with Crippen molar-refractivity contribution in [2.45, 2.75) is 44.5 Å². The van der Waals surface area contributed by atoms with Gasteiger partial charge in [0.25, 0.3) is 0 Å². The van der Waals surface area contributed by atoms with Crippen molar-refractivity contribution in [1.82, 2.24) is 10.6 Å². The first-order valence-electron chi connectivity index (χ1n) is 7.00. The topological polar surface area (TPSA) is 122 Å². The second-order valence-electron chi connectivity index (χ2n) is 5.04. The number of hydrogen-bond acceptors (Lipinski definition) is 6. The van der Waals surface area contributed by atoms with Crippen molar-refractivity contribution >= 4 is 5.91 Å². The van der Waals surface area contributed by atoms with Gasteiger partial charge in [-0.05, 0) is 19.4 Å². The summed E-state index contributed by atoms with van der Waals surface area (Å²) in [5, 5.41) is 43.4. The van der Waals surface area contributed by atoms with Gasteiger partial charge in [0.2, 0.25) is 5.91 Å². The van der Waals surface area contributed by atoms with Crippen molar-refractivity contribution in [3.8, 4) is 0 Å². The number of amides is 1. The average molecular weight is 292 g/mol. The quantitative estimate of drug-likeness (QED) is 0.250. The normalized spacial score (nSPS) is 17.3. The SMILES string of the molecule is CNC(=O)CCCCNCC(O)C(O)C(O)C(C)CO. The lowest BCUT2D eigenvalue weighted by molar-refractivity contribution is -0.120. The molecule has 0 aliphatic heterocycles. The fraction of sp³-hybridized carbons (Fsp3) is 0.923. The lowest BCUT2D eigenvalue weighted by atomic mass is 9.97. The number of rotatable bonds is 11. The van der Waals surface area contributed by atoms with Crippen LogP contribution in [0.5, 0.6) is 0 Å². The average Bonchev–Trinajstić information content (AvgIpc) is 2.47. The van der Waals surface area contributed by atoms with E-state index in [4.69, 9.17) is 5.11 Å². The maximum absolute atomic E-state index is 11.0. The van der Waals surface area contributed by atoms with Crippen molar-refractivity contribution in [1.29, 1.82) is 0 Å². The summed E-state index contributed by atoms with van der Waals surface area (Å²) in [6.07, 6.45) is -1.56. The monoisotopic (exact) mass is 292 g/mol. The van der Waals surface area contributed by atoms with Crippen LogP contribution in [0.1, 0.15) is 26.2 Å². The highest BCUT2D eigenvalue weighted by Crippen LogP contribution is 2.09. The largest absolute Gasteiger partial charge is 0.396 e. The van der Waals surface area contributed by atoms with E-state index >= 15 is 0 Å². The number of carbonyl (C=O) groups excluding carboxylic acids is 1. The van der Waals surface area contributed by atoms with Crippen molar-refractivity contribution in [2.75, 3.05) is 26.7 Å². The van der Waals surface area contributed by atoms with E-state index in [0.717, 1.165) is 12.8 Å². The molecule has 0 saturated carbocycles. The van der Waals surface area contributed by atoms with Gasteiger partial charge in [0.15, 0.2) is 0 Å². The van der Waals surface area contributed by atoms with Crippen LogP contribution in [0.25, 0.3) is 0 Å². The molecule has 6 N–H and O–H groups in total. The zero-order valence-electron chi connectivity index (χ0n) is 12.2. The molecule has 0 saturated heterocycles. The summed E-state index contributed by atoms with van der Waals surface area (Å²) < 4.78 is 0. The van der Waals surface area contributed by atoms with Gasteiger partial charge in [-0.3, -0.25) is 4.79 Å². The number of unbranched alkanes of at least 4 members (excludes halogenated alkanes) is 1. The maximum atomic E-state index is 11.0. The molecular formula is C13H28N2O5. The Bertz CT molecular complexity index is 265. The minimum absolute atomic E-state index is 0.00145. The van der Waals surface area contributed by atoms with E-state index in [1.807, 2.05) is 0 Å². The van der Waals surface area contributed by atoms with Crippen LogP contribution in [0.3, 0.4) is 0 Å². The van der Waals surface area contributed by atoms with Crippen LogP contribution in [-0.2, 0) is 4.79 Å². The van der Waals surface area contributed by atoms with Crippen LogP contribution in [0.4, 0.5) is 0 Å². The highest BCUT2D eigenvalue weighted by atomic mass is 16.4. The highest BCUT2D eigenvalue weighted by Gasteiger charge is 2.28. The second-order valence-corrected chi connectivity index (χ2v) is 5.04. The Morgan fingerprint density at radius 2 is 1.80 bits per heavy atom. The van der Waals surface area contributed by atoms with E-state index < -0.39 is 24.2 Å². The van der Waals surface area contributed by atoms with Gasteiger partial charge in [0.1, 0.15) is 6.10 Å². The molecule has 0 spiro atoms. The lowest BCUT2D eigenvalue weighted by Crippen LogP contribution is -2.46. The van der Waals surface area contributed by atoms with Gasteiger partial charge in [-0.25, -0.2) is 0 Å². The van der Waals surface area contributed by atoms with E-state index in [1.165, 1.54) is 0 Å². The zero-order valence-corrected chi connectivity index (χ0v) is 12.2. The molecule has 0 fully saturated rings. The summed E-state index contributed by atoms with van der Waals surface area (Å²) in [5.41, 5.74) is 0. The number of aliphatic hydroxyl groups is 4. The first kappa shape index (κ1) is 19.3. The summed E-state index contributed by atoms with van der Waals surface area (Å²) in [6, 6.07) is 0. The van der Waals surface area contributed by atoms with E-state index in [1.54, 1.807) is 14.0 Å². The number of aliphatic hydroxyl groups excluding tert-OH is 4. The van der Waals surface area contributed by atoms with Crippen LogP contribution in [0.2, 0.25) is 0 Å². The Morgan fingerprint density at radius 1 is 1.15 bits per heavy atom. The molecule has 0 aliphatic carbocycles. The van der Waals surface area contributed by atoms with Crippen LogP contribution in [0.15, 0.2) is 0 Å². The Kier molecular flexibility index (Phi) is 10.6. The fourth-order valence-electron chi connectivity index (χ4n) is 1.70. The first-order chi connectivity index (χ1) is 9.43. The molecule has 0 heterocycles. The third-order valence-electron chi connectivity index (χ3n) is 3.25. The molecule has 0 rings (SSSR count). The molecule has 4 atom stereocenters. The Morgan fingerprint density at radius 3 is 2.35 bits per heavy atom. The third-order valence-corrected chi connectivity index (χ3v) is 3.25. The molecule has 0 aromatic rings. The fourth-order valence-corrected chi connectivity index (χ4v) is 1.70. The minimum atomic E-state index is -1.30. The Labute approximate surface area is 120 Å². The smallest absolute Gasteiger partial charge is 0.219 e. The zero-order chi connectivity index (χ0) is 15.5. The van der Waals surface area contributed by atoms with Crippen LogP contribution in [-0.4, -0.2) is 71.4 Å². The molecule has 20 heavy (non-hydrogen) atoms. The lowest BCUT2D eigenvalue weighted by Gasteiger charge is -2.26. The van der Waals surface area contributed by atoms with Gasteiger partial charge < -0.3 is 31.1 Å². The van der Waals surface area contributed by atoms with E-state index in [-0.39, 0.29) is 19.1 Å². The second kappa shape index (κ2) is 11.0. The Balaban J connectivity index is 3.71. The molecule has 1 amide bonds. The molecule has 0 aromatic carbocycles. The summed E-state index contributed by atoms with van der Waals surface area (Å²) >= 11 is 0. The van der Waals surface area contributed by atoms with Crippen molar-refractivity contribution in [3.05, 3.63) is 0 Å². The van der Waals surface area contributed by atoms with Crippen LogP contribution in [0, 0.1) is 5.92 Å². The van der Waals surface area contributed by atoms with E-state index in [2.05, 4.69) is 10.6 Å². The highest BCUT2D eigenvalue weighted by molar-refractivity contribution is 5.75. The van der Waals surface area contributed by atoms with Gasteiger partial charge >= 0.3 is 0 Å². The summed E-state index contributed by atoms with van der Waals surface area (Å²) in [5.74, 6) is -0.492. The molecule has 0 bridgehead atoms. The standard InChI is InChI=1S/C13H28N2O5/c1-9(8-16)12(19)13(20)10(17)7-15-6-4-3-5-11(18)14-2/h9-10,12-13,15-17,19-20H,3-8H2,1-2H3,(H,14,18). The molecular weight excluding hydrogens is 264 g/mol. The molecule has 7 nitrogen and oxygen atoms in total. The van der Waals surface area contributed by atoms with E-state index in [0.29, 0.717) is 13.0 Å². The van der Waals surface area contributed by atoms with Crippen molar-refractivity contribution in [3.63, 3.8) is 0 Å². The summed E-state index contributed by atoms with van der Waals surface area (Å²) in [4.78, 5) is 11.0. The predicted octanol–water partition coefficient (Wildman–Crippen LogP) is -1.80. The van der Waals surface area contributed by atoms with Crippen molar-refractivity contribution in [2.24, 2.45) is 5.92 Å². The number of nitrogens with one attached hydrogen (secondary N) is 2. The van der Waals surface area contributed by atoms with Crippen LogP contribution < -0.4 is 10.6 Å². The van der Waals surface area contributed by atoms with Crippen molar-refractivity contribution < 1.29 is 25.2 Å². The number of carbonyl (C=O) groups is 1. The van der Waals surface area contributed by atoms with E-state index in [9.17, 15) is 20.1 Å². The van der Waals surface area contributed by atoms with Gasteiger partial charge in [-0.2, -0.15) is 0 Å². The number of hydrogen-bond donors (Lipinski definition) is 6. The van der Waals surface area contributed by atoms with Gasteiger partial charge in [-0.15, -0.1) is 0 Å². The van der Waals surface area contributed by atoms with Gasteiger partial charge in [0.05, 0.1) is 12.2 Å².